The number of para-hydroxylation sites is 1. The number of nitrogens with zero attached hydrogens (tertiary/aromatic N) is 1. The second kappa shape index (κ2) is 19.3. The largest absolute Gasteiger partial charge is 0.497 e. The molecule has 0 aromatic heterocycles. The van der Waals surface area contributed by atoms with E-state index in [0.29, 0.717) is 6.54 Å². The van der Waals surface area contributed by atoms with Gasteiger partial charge in [-0.05, 0) is 56.3 Å². The number of aryl methyl sites for hydroxylation is 2. The highest BCUT2D eigenvalue weighted by molar-refractivity contribution is 5.76. The normalized spacial score (nSPS) is 10.7. The Kier molecular flexibility index (Phi) is 17.6. The number of hydrogen-bond donors (Lipinski definition) is 1. The molecule has 7 nitrogen and oxygen atoms in total. The van der Waals surface area contributed by atoms with Crippen LogP contribution >= 0.6 is 0 Å². The third kappa shape index (κ3) is 14.1. The van der Waals surface area contributed by atoms with E-state index in [1.54, 1.807) is 7.11 Å². The molecule has 1 unspecified atom stereocenters. The summed E-state index contributed by atoms with van der Waals surface area (Å²) in [6, 6.07) is 15.8. The second-order valence-corrected chi connectivity index (χ2v) is 7.54. The third-order valence-corrected chi connectivity index (χ3v) is 4.62. The summed E-state index contributed by atoms with van der Waals surface area (Å²) in [5.74, 6) is 0.0143. The van der Waals surface area contributed by atoms with E-state index in [-0.39, 0.29) is 19.4 Å². The molecule has 7 heteroatoms. The summed E-state index contributed by atoms with van der Waals surface area (Å²) in [6.07, 6.45) is 0.726. The lowest BCUT2D eigenvalue weighted by Crippen LogP contribution is -2.35. The van der Waals surface area contributed by atoms with E-state index in [1.807, 2.05) is 89.2 Å². The minimum absolute atomic E-state index is 0.156. The number of aliphatic carboxylic acids is 1. The smallest absolute Gasteiger partial charge is 0.306 e. The van der Waals surface area contributed by atoms with Gasteiger partial charge in [-0.1, -0.05) is 58.0 Å². The van der Waals surface area contributed by atoms with Crippen molar-refractivity contribution in [3.8, 4) is 11.5 Å². The highest BCUT2D eigenvalue weighted by Gasteiger charge is 2.18. The van der Waals surface area contributed by atoms with Gasteiger partial charge in [0.2, 0.25) is 0 Å². The molecule has 2 rings (SSSR count). The average molecular weight is 490 g/mol. The fourth-order valence-electron chi connectivity index (χ4n) is 3.13. The number of ether oxygens (including phenoxy) is 3. The van der Waals surface area contributed by atoms with Crippen molar-refractivity contribution in [3.63, 3.8) is 0 Å². The molecule has 2 aromatic carbocycles. The first-order valence-corrected chi connectivity index (χ1v) is 12.3. The molecule has 1 N–H and O–H groups in total. The lowest BCUT2D eigenvalue weighted by atomic mass is 10.0. The average Bonchev–Trinajstić information content (AvgIpc) is 2.87. The summed E-state index contributed by atoms with van der Waals surface area (Å²) in [6.45, 7) is 8.66. The third-order valence-electron chi connectivity index (χ3n) is 4.62. The Bertz CT molecular complexity index is 853. The number of benzene rings is 2. The van der Waals surface area contributed by atoms with E-state index < -0.39 is 18.0 Å². The van der Waals surface area contributed by atoms with Crippen molar-refractivity contribution in [2.45, 2.75) is 59.5 Å². The number of carboxylic acid groups (broad SMARTS) is 1. The monoisotopic (exact) mass is 489 g/mol. The Morgan fingerprint density at radius 3 is 2.26 bits per heavy atom. The Balaban J connectivity index is 0.00000274. The van der Waals surface area contributed by atoms with Crippen LogP contribution in [0.4, 0.5) is 0 Å². The molecule has 0 radical (unpaired) electrons. The number of carboxylic acids is 1. The summed E-state index contributed by atoms with van der Waals surface area (Å²) in [5.41, 5.74) is 2.23. The van der Waals surface area contributed by atoms with Crippen molar-refractivity contribution in [1.82, 2.24) is 4.90 Å². The highest BCUT2D eigenvalue weighted by Crippen LogP contribution is 2.22. The minimum Gasteiger partial charge on any atom is -0.497 e. The van der Waals surface area contributed by atoms with Gasteiger partial charge >= 0.3 is 11.9 Å². The number of methoxy groups -OCH3 is 1. The number of carbonyl (C=O) groups excluding carboxylic acids is 1. The highest BCUT2D eigenvalue weighted by atomic mass is 16.6. The SMILES string of the molecule is CC.CC.COc1cccc(CCc2ccccc2OCC(CN(C)C)OC(=O)CCC(=O)O)c1. The molecule has 0 saturated heterocycles. The fraction of sp³-hybridized carbons (Fsp3) is 0.500. The zero-order valence-corrected chi connectivity index (χ0v) is 22.4. The molecule has 196 valence electrons. The van der Waals surface area contributed by atoms with Crippen molar-refractivity contribution in [1.29, 1.82) is 0 Å². The number of esters is 1. The zero-order chi connectivity index (χ0) is 26.6. The van der Waals surface area contributed by atoms with Crippen LogP contribution in [0.2, 0.25) is 0 Å². The summed E-state index contributed by atoms with van der Waals surface area (Å²) in [7, 11) is 5.40. The van der Waals surface area contributed by atoms with Crippen LogP contribution < -0.4 is 9.47 Å². The van der Waals surface area contributed by atoms with E-state index >= 15 is 0 Å². The molecule has 0 saturated carbocycles. The van der Waals surface area contributed by atoms with Gasteiger partial charge in [-0.15, -0.1) is 0 Å². The first-order chi connectivity index (χ1) is 16.9. The maximum absolute atomic E-state index is 12.0. The van der Waals surface area contributed by atoms with Crippen molar-refractivity contribution >= 4 is 11.9 Å². The standard InChI is InChI=1S/C24H31NO6.2C2H6/c1-25(2)16-21(31-24(28)14-13-23(26)27)17-30-22-10-5-4-8-19(22)12-11-18-7-6-9-20(15-18)29-3;2*1-2/h4-10,15,21H,11-14,16-17H2,1-3H3,(H,26,27);2*1-2H3. The first kappa shape index (κ1) is 31.9. The number of hydrogen-bond acceptors (Lipinski definition) is 6. The van der Waals surface area contributed by atoms with Crippen LogP contribution in [0.1, 0.15) is 51.7 Å². The molecule has 35 heavy (non-hydrogen) atoms. The van der Waals surface area contributed by atoms with Gasteiger partial charge in [0.05, 0.1) is 20.0 Å². The fourth-order valence-corrected chi connectivity index (χ4v) is 3.13. The van der Waals surface area contributed by atoms with Crippen molar-refractivity contribution < 1.29 is 28.9 Å². The van der Waals surface area contributed by atoms with E-state index in [9.17, 15) is 9.59 Å². The van der Waals surface area contributed by atoms with E-state index in [1.165, 1.54) is 5.56 Å². The van der Waals surface area contributed by atoms with E-state index in [4.69, 9.17) is 19.3 Å². The van der Waals surface area contributed by atoms with Crippen LogP contribution in [0.3, 0.4) is 0 Å². The minimum atomic E-state index is -1.03. The molecule has 0 aliphatic carbocycles. The summed E-state index contributed by atoms with van der Waals surface area (Å²) in [4.78, 5) is 24.5. The van der Waals surface area contributed by atoms with Crippen LogP contribution in [0.25, 0.3) is 0 Å². The second-order valence-electron chi connectivity index (χ2n) is 7.54. The van der Waals surface area contributed by atoms with E-state index in [2.05, 4.69) is 6.07 Å². The summed E-state index contributed by atoms with van der Waals surface area (Å²) < 4.78 is 16.7. The molecule has 0 heterocycles. The lowest BCUT2D eigenvalue weighted by molar-refractivity contribution is -0.153. The Hall–Kier alpha value is -3.06. The topological polar surface area (TPSA) is 85.3 Å². The predicted molar refractivity (Wildman–Crippen MR) is 140 cm³/mol. The molecular weight excluding hydrogens is 446 g/mol. The van der Waals surface area contributed by atoms with Gasteiger partial charge in [0.1, 0.15) is 24.2 Å². The predicted octanol–water partition coefficient (Wildman–Crippen LogP) is 5.25. The van der Waals surface area contributed by atoms with Crippen LogP contribution in [-0.4, -0.2) is 62.4 Å². The van der Waals surface area contributed by atoms with Crippen LogP contribution in [-0.2, 0) is 27.2 Å². The zero-order valence-electron chi connectivity index (χ0n) is 22.4. The van der Waals surface area contributed by atoms with Crippen molar-refractivity contribution in [2.75, 3.05) is 34.4 Å². The molecule has 0 aliphatic rings. The Labute approximate surface area is 211 Å². The van der Waals surface area contributed by atoms with Crippen LogP contribution in [0.5, 0.6) is 11.5 Å². The molecular formula is C28H43NO6. The molecule has 1 atom stereocenters. The number of rotatable bonds is 13. The van der Waals surface area contributed by atoms with Crippen LogP contribution in [0, 0.1) is 0 Å². The number of carbonyl (C=O) groups is 2. The molecule has 0 fully saturated rings. The van der Waals surface area contributed by atoms with Gasteiger partial charge in [-0.25, -0.2) is 0 Å². The Morgan fingerprint density at radius 2 is 1.63 bits per heavy atom. The number of likely N-dealkylation sites (N-methyl/N-ethyl adjacent to an activating group) is 1. The quantitative estimate of drug-likeness (QED) is 0.385. The molecule has 0 bridgehead atoms. The van der Waals surface area contributed by atoms with Gasteiger partial charge in [0.15, 0.2) is 0 Å². The molecule has 2 aromatic rings. The summed E-state index contributed by atoms with van der Waals surface area (Å²) in [5, 5.41) is 8.74. The van der Waals surface area contributed by atoms with Crippen molar-refractivity contribution in [3.05, 3.63) is 59.7 Å². The van der Waals surface area contributed by atoms with Gasteiger partial charge in [-0.2, -0.15) is 0 Å². The molecule has 0 spiro atoms. The van der Waals surface area contributed by atoms with E-state index in [0.717, 1.165) is 29.9 Å². The first-order valence-electron chi connectivity index (χ1n) is 12.3. The maximum atomic E-state index is 12.0. The maximum Gasteiger partial charge on any atom is 0.306 e. The Morgan fingerprint density at radius 1 is 0.943 bits per heavy atom. The lowest BCUT2D eigenvalue weighted by Gasteiger charge is -2.22. The molecule has 0 aliphatic heterocycles. The van der Waals surface area contributed by atoms with Gasteiger partial charge < -0.3 is 24.2 Å². The van der Waals surface area contributed by atoms with Crippen molar-refractivity contribution in [2.24, 2.45) is 0 Å². The van der Waals surface area contributed by atoms with Gasteiger partial charge in [0.25, 0.3) is 0 Å². The van der Waals surface area contributed by atoms with Gasteiger partial charge in [-0.3, -0.25) is 9.59 Å². The molecule has 0 amide bonds. The van der Waals surface area contributed by atoms with Gasteiger partial charge in [0, 0.05) is 6.54 Å². The van der Waals surface area contributed by atoms with Crippen LogP contribution in [0.15, 0.2) is 48.5 Å². The summed E-state index contributed by atoms with van der Waals surface area (Å²) >= 11 is 0.